The van der Waals surface area contributed by atoms with E-state index in [-0.39, 0.29) is 11.7 Å². The molecule has 0 spiro atoms. The van der Waals surface area contributed by atoms with E-state index in [4.69, 9.17) is 9.47 Å². The first-order chi connectivity index (χ1) is 8.14. The number of hydrogen-bond donors (Lipinski definition) is 1. The van der Waals surface area contributed by atoms with Crippen molar-refractivity contribution in [3.63, 3.8) is 0 Å². The molecule has 0 amide bonds. The van der Waals surface area contributed by atoms with Crippen molar-refractivity contribution in [2.24, 2.45) is 5.92 Å². The van der Waals surface area contributed by atoms with Crippen LogP contribution >= 0.6 is 0 Å². The number of methoxy groups -OCH3 is 1. The maximum atomic E-state index is 10.4. The predicted molar refractivity (Wildman–Crippen MR) is 69.1 cm³/mol. The molecule has 1 N–H and O–H groups in total. The second kappa shape index (κ2) is 7.34. The van der Waals surface area contributed by atoms with Crippen LogP contribution in [0.2, 0.25) is 0 Å². The fourth-order valence-electron chi connectivity index (χ4n) is 3.05. The lowest BCUT2D eigenvalue weighted by Crippen LogP contribution is -2.48. The molecule has 3 heteroatoms. The summed E-state index contributed by atoms with van der Waals surface area (Å²) in [6.45, 7) is 5.68. The van der Waals surface area contributed by atoms with Crippen LogP contribution in [0.25, 0.3) is 0 Å². The Labute approximate surface area is 105 Å². The maximum absolute atomic E-state index is 10.4. The van der Waals surface area contributed by atoms with Gasteiger partial charge >= 0.3 is 0 Å². The summed E-state index contributed by atoms with van der Waals surface area (Å²) >= 11 is 0. The molecule has 102 valence electrons. The Balaban J connectivity index is 2.55. The molecular formula is C14H28O3. The molecule has 0 aliphatic heterocycles. The molecular weight excluding hydrogens is 216 g/mol. The summed E-state index contributed by atoms with van der Waals surface area (Å²) < 4.78 is 11.0. The van der Waals surface area contributed by atoms with Gasteiger partial charge in [-0.3, -0.25) is 0 Å². The zero-order valence-electron chi connectivity index (χ0n) is 11.6. The molecule has 0 aromatic carbocycles. The van der Waals surface area contributed by atoms with Gasteiger partial charge in [0, 0.05) is 20.3 Å². The summed E-state index contributed by atoms with van der Waals surface area (Å²) in [6, 6.07) is 0. The first-order valence-corrected chi connectivity index (χ1v) is 6.95. The van der Waals surface area contributed by atoms with Crippen molar-refractivity contribution < 1.29 is 14.6 Å². The normalized spacial score (nSPS) is 31.4. The Bertz CT molecular complexity index is 204. The van der Waals surface area contributed by atoms with E-state index in [1.54, 1.807) is 7.11 Å². The highest BCUT2D eigenvalue weighted by molar-refractivity contribution is 4.93. The summed E-state index contributed by atoms with van der Waals surface area (Å²) in [5.41, 5.74) is -0.292. The third-order valence-corrected chi connectivity index (χ3v) is 3.86. The van der Waals surface area contributed by atoms with Crippen molar-refractivity contribution in [2.45, 2.75) is 64.1 Å². The minimum absolute atomic E-state index is 0.292. The van der Waals surface area contributed by atoms with Crippen molar-refractivity contribution in [3.05, 3.63) is 0 Å². The number of aliphatic hydroxyl groups is 1. The lowest BCUT2D eigenvalue weighted by Gasteiger charge is -2.43. The van der Waals surface area contributed by atoms with Crippen LogP contribution in [0, 0.1) is 5.92 Å². The van der Waals surface area contributed by atoms with Crippen LogP contribution in [0.3, 0.4) is 0 Å². The quantitative estimate of drug-likeness (QED) is 0.700. The molecule has 17 heavy (non-hydrogen) atoms. The Hall–Kier alpha value is -0.120. The second-order valence-electron chi connectivity index (χ2n) is 5.35. The lowest BCUT2D eigenvalue weighted by atomic mass is 9.74. The van der Waals surface area contributed by atoms with E-state index < -0.39 is 0 Å². The van der Waals surface area contributed by atoms with Gasteiger partial charge in [0.2, 0.25) is 0 Å². The van der Waals surface area contributed by atoms with Crippen molar-refractivity contribution in [3.8, 4) is 0 Å². The summed E-state index contributed by atoms with van der Waals surface area (Å²) in [7, 11) is 1.70. The fourth-order valence-corrected chi connectivity index (χ4v) is 3.05. The first kappa shape index (κ1) is 14.9. The molecule has 1 rings (SSSR count). The molecule has 0 saturated heterocycles. The highest BCUT2D eigenvalue weighted by Gasteiger charge is 2.41. The van der Waals surface area contributed by atoms with Crippen molar-refractivity contribution in [1.82, 2.24) is 0 Å². The monoisotopic (exact) mass is 244 g/mol. The fraction of sp³-hybridized carbons (Fsp3) is 1.00. The van der Waals surface area contributed by atoms with E-state index in [1.165, 1.54) is 12.8 Å². The van der Waals surface area contributed by atoms with Gasteiger partial charge in [0.05, 0.1) is 11.7 Å². The maximum Gasteiger partial charge on any atom is 0.0942 e. The molecule has 3 nitrogen and oxygen atoms in total. The topological polar surface area (TPSA) is 38.7 Å². The van der Waals surface area contributed by atoms with Gasteiger partial charge in [0.15, 0.2) is 0 Å². The summed E-state index contributed by atoms with van der Waals surface area (Å²) in [4.78, 5) is 0. The van der Waals surface area contributed by atoms with E-state index >= 15 is 0 Å². The summed E-state index contributed by atoms with van der Waals surface area (Å²) in [5, 5.41) is 10.4. The van der Waals surface area contributed by atoms with Gasteiger partial charge in [-0.15, -0.1) is 0 Å². The Kier molecular flexibility index (Phi) is 6.45. The average molecular weight is 244 g/mol. The number of aliphatic hydroxyl groups excluding tert-OH is 1. The minimum atomic E-state index is -0.347. The Morgan fingerprint density at radius 3 is 2.82 bits per heavy atom. The molecule has 3 unspecified atom stereocenters. The molecule has 0 radical (unpaired) electrons. The third kappa shape index (κ3) is 4.23. The zero-order chi connectivity index (χ0) is 12.7. The molecule has 0 heterocycles. The van der Waals surface area contributed by atoms with E-state index in [2.05, 4.69) is 6.92 Å². The summed E-state index contributed by atoms with van der Waals surface area (Å²) in [6.07, 6.45) is 5.76. The van der Waals surface area contributed by atoms with E-state index in [9.17, 15) is 5.11 Å². The molecule has 0 aromatic heterocycles. The van der Waals surface area contributed by atoms with Gasteiger partial charge in [-0.1, -0.05) is 19.8 Å². The molecule has 1 fully saturated rings. The molecule has 1 saturated carbocycles. The molecule has 0 aromatic rings. The average Bonchev–Trinajstić information content (AvgIpc) is 2.29. The van der Waals surface area contributed by atoms with Crippen molar-refractivity contribution >= 4 is 0 Å². The van der Waals surface area contributed by atoms with Gasteiger partial charge in [-0.25, -0.2) is 0 Å². The molecule has 0 bridgehead atoms. The number of rotatable bonds is 7. The van der Waals surface area contributed by atoms with Gasteiger partial charge < -0.3 is 14.6 Å². The minimum Gasteiger partial charge on any atom is -0.390 e. The van der Waals surface area contributed by atoms with Gasteiger partial charge in [0.1, 0.15) is 0 Å². The zero-order valence-corrected chi connectivity index (χ0v) is 11.6. The predicted octanol–water partition coefficient (Wildman–Crippen LogP) is 2.76. The van der Waals surface area contributed by atoms with Crippen LogP contribution in [0.5, 0.6) is 0 Å². The summed E-state index contributed by atoms with van der Waals surface area (Å²) in [5.74, 6) is 0.660. The lowest BCUT2D eigenvalue weighted by molar-refractivity contribution is -0.150. The van der Waals surface area contributed by atoms with Gasteiger partial charge in [-0.05, 0) is 38.5 Å². The number of ether oxygens (including phenoxy) is 2. The van der Waals surface area contributed by atoms with Crippen molar-refractivity contribution in [1.29, 1.82) is 0 Å². The standard InChI is InChI=1S/C14H28O3/c1-4-17-14(9-5-7-12(2)11-14)13(15)8-6-10-16-3/h12-13,15H,4-11H2,1-3H3. The first-order valence-electron chi connectivity index (χ1n) is 6.95. The SMILES string of the molecule is CCOC1(C(O)CCCOC)CCCC(C)C1. The van der Waals surface area contributed by atoms with Crippen LogP contribution in [-0.2, 0) is 9.47 Å². The van der Waals surface area contributed by atoms with Crippen LogP contribution in [0.15, 0.2) is 0 Å². The van der Waals surface area contributed by atoms with Crippen molar-refractivity contribution in [2.75, 3.05) is 20.3 Å². The van der Waals surface area contributed by atoms with Crippen LogP contribution in [0.4, 0.5) is 0 Å². The largest absolute Gasteiger partial charge is 0.390 e. The van der Waals surface area contributed by atoms with E-state index in [0.717, 1.165) is 32.3 Å². The van der Waals surface area contributed by atoms with Gasteiger partial charge in [-0.2, -0.15) is 0 Å². The van der Waals surface area contributed by atoms with E-state index in [1.807, 2.05) is 6.92 Å². The smallest absolute Gasteiger partial charge is 0.0942 e. The highest BCUT2D eigenvalue weighted by atomic mass is 16.5. The van der Waals surface area contributed by atoms with Crippen LogP contribution < -0.4 is 0 Å². The molecule has 1 aliphatic rings. The highest BCUT2D eigenvalue weighted by Crippen LogP contribution is 2.38. The van der Waals surface area contributed by atoms with Crippen LogP contribution in [-0.4, -0.2) is 37.1 Å². The van der Waals surface area contributed by atoms with E-state index in [0.29, 0.717) is 12.5 Å². The van der Waals surface area contributed by atoms with Gasteiger partial charge in [0.25, 0.3) is 0 Å². The third-order valence-electron chi connectivity index (χ3n) is 3.86. The Morgan fingerprint density at radius 1 is 1.47 bits per heavy atom. The Morgan fingerprint density at radius 2 is 2.24 bits per heavy atom. The second-order valence-corrected chi connectivity index (χ2v) is 5.35. The molecule has 3 atom stereocenters. The molecule has 1 aliphatic carbocycles. The number of hydrogen-bond acceptors (Lipinski definition) is 3. The van der Waals surface area contributed by atoms with Crippen LogP contribution in [0.1, 0.15) is 52.4 Å².